The van der Waals surface area contributed by atoms with Crippen LogP contribution in [-0.2, 0) is 6.61 Å². The molecule has 0 radical (unpaired) electrons. The van der Waals surface area contributed by atoms with Gasteiger partial charge in [-0.15, -0.1) is 10.2 Å². The molecule has 0 saturated carbocycles. The summed E-state index contributed by atoms with van der Waals surface area (Å²) in [5.41, 5.74) is 0.0389. The van der Waals surface area contributed by atoms with E-state index in [2.05, 4.69) is 10.2 Å². The van der Waals surface area contributed by atoms with Crippen LogP contribution in [0, 0.1) is 6.92 Å². The Bertz CT molecular complexity index is 594. The number of hydrogen-bond acceptors (Lipinski definition) is 6. The molecule has 0 spiro atoms. The molecule has 0 fully saturated rings. The van der Waals surface area contributed by atoms with E-state index in [1.807, 2.05) is 0 Å². The number of rotatable bonds is 5. The lowest BCUT2D eigenvalue weighted by Crippen LogP contribution is -2.04. The van der Waals surface area contributed by atoms with Gasteiger partial charge < -0.3 is 19.0 Å². The molecular weight excluding hydrogens is 252 g/mol. The molecule has 1 aromatic carbocycles. The number of carbonyl (C=O) groups is 1. The van der Waals surface area contributed by atoms with E-state index in [9.17, 15) is 4.79 Å². The van der Waals surface area contributed by atoms with Crippen molar-refractivity contribution in [3.63, 3.8) is 0 Å². The van der Waals surface area contributed by atoms with Crippen molar-refractivity contribution in [2.24, 2.45) is 0 Å². The van der Waals surface area contributed by atoms with Crippen LogP contribution in [0.2, 0.25) is 0 Å². The van der Waals surface area contributed by atoms with E-state index in [4.69, 9.17) is 19.0 Å². The van der Waals surface area contributed by atoms with Crippen molar-refractivity contribution in [2.75, 3.05) is 7.11 Å². The standard InChI is InChI=1S/C12H12N2O5/c1-7-13-14-11(19-7)6-18-10-5-8(17-2)3-4-9(10)12(15)16/h3-5H,6H2,1-2H3,(H,15,16). The minimum atomic E-state index is -1.08. The quantitative estimate of drug-likeness (QED) is 0.877. The van der Waals surface area contributed by atoms with Crippen molar-refractivity contribution in [3.05, 3.63) is 35.5 Å². The van der Waals surface area contributed by atoms with Gasteiger partial charge in [0.1, 0.15) is 17.1 Å². The molecule has 0 aliphatic rings. The molecule has 7 nitrogen and oxygen atoms in total. The molecule has 19 heavy (non-hydrogen) atoms. The predicted octanol–water partition coefficient (Wildman–Crippen LogP) is 1.66. The molecule has 0 bridgehead atoms. The first kappa shape index (κ1) is 12.9. The number of nitrogens with zero attached hydrogens (tertiary/aromatic N) is 2. The van der Waals surface area contributed by atoms with Crippen molar-refractivity contribution in [1.29, 1.82) is 0 Å². The molecule has 1 aromatic heterocycles. The topological polar surface area (TPSA) is 94.7 Å². The van der Waals surface area contributed by atoms with Crippen LogP contribution in [0.5, 0.6) is 11.5 Å². The second-order valence-corrected chi connectivity index (χ2v) is 3.67. The van der Waals surface area contributed by atoms with Crippen molar-refractivity contribution in [3.8, 4) is 11.5 Å². The summed E-state index contributed by atoms with van der Waals surface area (Å²) in [4.78, 5) is 11.1. The Hall–Kier alpha value is -2.57. The number of aromatic nitrogens is 2. The molecule has 7 heteroatoms. The Morgan fingerprint density at radius 2 is 2.21 bits per heavy atom. The number of carboxylic acids is 1. The lowest BCUT2D eigenvalue weighted by Gasteiger charge is -2.09. The molecule has 0 saturated heterocycles. The second-order valence-electron chi connectivity index (χ2n) is 3.67. The zero-order valence-electron chi connectivity index (χ0n) is 10.4. The molecule has 0 amide bonds. The first-order chi connectivity index (χ1) is 9.10. The lowest BCUT2D eigenvalue weighted by atomic mass is 10.2. The number of aryl methyl sites for hydroxylation is 1. The van der Waals surface area contributed by atoms with Gasteiger partial charge in [0, 0.05) is 13.0 Å². The molecule has 2 aromatic rings. The zero-order chi connectivity index (χ0) is 13.8. The highest BCUT2D eigenvalue weighted by atomic mass is 16.5. The SMILES string of the molecule is COc1ccc(C(=O)O)c(OCc2nnc(C)o2)c1. The number of ether oxygens (including phenoxy) is 2. The van der Waals surface area contributed by atoms with Gasteiger partial charge in [-0.3, -0.25) is 0 Å². The number of carboxylic acid groups (broad SMARTS) is 1. The zero-order valence-corrected chi connectivity index (χ0v) is 10.4. The molecule has 0 atom stereocenters. The average molecular weight is 264 g/mol. The summed E-state index contributed by atoms with van der Waals surface area (Å²) in [6.07, 6.45) is 0. The molecule has 1 N–H and O–H groups in total. The first-order valence-corrected chi connectivity index (χ1v) is 5.43. The van der Waals surface area contributed by atoms with Gasteiger partial charge >= 0.3 is 5.97 Å². The fraction of sp³-hybridized carbons (Fsp3) is 0.250. The van der Waals surface area contributed by atoms with E-state index < -0.39 is 5.97 Å². The van der Waals surface area contributed by atoms with Gasteiger partial charge in [0.05, 0.1) is 7.11 Å². The highest BCUT2D eigenvalue weighted by Crippen LogP contribution is 2.25. The Morgan fingerprint density at radius 1 is 1.42 bits per heavy atom. The summed E-state index contributed by atoms with van der Waals surface area (Å²) in [5, 5.41) is 16.5. The summed E-state index contributed by atoms with van der Waals surface area (Å²) in [5.74, 6) is 0.295. The molecule has 0 aliphatic carbocycles. The third kappa shape index (κ3) is 3.01. The van der Waals surface area contributed by atoms with E-state index in [0.717, 1.165) is 0 Å². The van der Waals surface area contributed by atoms with Crippen molar-refractivity contribution >= 4 is 5.97 Å². The molecular formula is C12H12N2O5. The van der Waals surface area contributed by atoms with Crippen molar-refractivity contribution < 1.29 is 23.8 Å². The summed E-state index contributed by atoms with van der Waals surface area (Å²) in [6.45, 7) is 1.65. The molecule has 2 rings (SSSR count). The minimum absolute atomic E-state index is 0.00567. The molecule has 0 unspecified atom stereocenters. The van der Waals surface area contributed by atoms with Crippen LogP contribution in [0.3, 0.4) is 0 Å². The second kappa shape index (κ2) is 5.38. The highest BCUT2D eigenvalue weighted by molar-refractivity contribution is 5.91. The number of benzene rings is 1. The molecule has 100 valence electrons. The van der Waals surface area contributed by atoms with Crippen LogP contribution in [0.25, 0.3) is 0 Å². The van der Waals surface area contributed by atoms with Crippen LogP contribution in [0.1, 0.15) is 22.1 Å². The summed E-state index contributed by atoms with van der Waals surface area (Å²) >= 11 is 0. The van der Waals surface area contributed by atoms with Crippen molar-refractivity contribution in [1.82, 2.24) is 10.2 Å². The Balaban J connectivity index is 2.19. The third-order valence-corrected chi connectivity index (χ3v) is 2.34. The summed E-state index contributed by atoms with van der Waals surface area (Å²) in [6, 6.07) is 4.45. The van der Waals surface area contributed by atoms with E-state index in [-0.39, 0.29) is 23.8 Å². The molecule has 1 heterocycles. The Kier molecular flexibility index (Phi) is 3.65. The van der Waals surface area contributed by atoms with Crippen LogP contribution >= 0.6 is 0 Å². The van der Waals surface area contributed by atoms with Gasteiger partial charge in [-0.25, -0.2) is 4.79 Å². The smallest absolute Gasteiger partial charge is 0.339 e. The predicted molar refractivity (Wildman–Crippen MR) is 63.3 cm³/mol. The fourth-order valence-corrected chi connectivity index (χ4v) is 1.46. The van der Waals surface area contributed by atoms with Crippen LogP contribution in [-0.4, -0.2) is 28.4 Å². The van der Waals surface area contributed by atoms with E-state index in [1.165, 1.54) is 19.2 Å². The molecule has 0 aliphatic heterocycles. The monoisotopic (exact) mass is 264 g/mol. The maximum Gasteiger partial charge on any atom is 0.339 e. The van der Waals surface area contributed by atoms with Crippen LogP contribution < -0.4 is 9.47 Å². The van der Waals surface area contributed by atoms with E-state index in [1.54, 1.807) is 13.0 Å². The highest BCUT2D eigenvalue weighted by Gasteiger charge is 2.13. The Morgan fingerprint density at radius 3 is 2.79 bits per heavy atom. The largest absolute Gasteiger partial charge is 0.497 e. The third-order valence-electron chi connectivity index (χ3n) is 2.34. The van der Waals surface area contributed by atoms with E-state index in [0.29, 0.717) is 11.6 Å². The maximum atomic E-state index is 11.1. The van der Waals surface area contributed by atoms with Crippen LogP contribution in [0.15, 0.2) is 22.6 Å². The fourth-order valence-electron chi connectivity index (χ4n) is 1.46. The van der Waals surface area contributed by atoms with Gasteiger partial charge in [-0.2, -0.15) is 0 Å². The maximum absolute atomic E-state index is 11.1. The van der Waals surface area contributed by atoms with Gasteiger partial charge in [-0.1, -0.05) is 0 Å². The Labute approximate surface area is 108 Å². The summed E-state index contributed by atoms with van der Waals surface area (Å²) < 4.78 is 15.5. The van der Waals surface area contributed by atoms with Crippen molar-refractivity contribution in [2.45, 2.75) is 13.5 Å². The van der Waals surface area contributed by atoms with Gasteiger partial charge in [0.25, 0.3) is 5.89 Å². The average Bonchev–Trinajstić information content (AvgIpc) is 2.81. The lowest BCUT2D eigenvalue weighted by molar-refractivity contribution is 0.0691. The van der Waals surface area contributed by atoms with Crippen LogP contribution in [0.4, 0.5) is 0 Å². The van der Waals surface area contributed by atoms with Gasteiger partial charge in [-0.05, 0) is 12.1 Å². The normalized spacial score (nSPS) is 10.2. The van der Waals surface area contributed by atoms with E-state index >= 15 is 0 Å². The first-order valence-electron chi connectivity index (χ1n) is 5.43. The number of methoxy groups -OCH3 is 1. The number of hydrogen-bond donors (Lipinski definition) is 1. The van der Waals surface area contributed by atoms with Gasteiger partial charge in [0.15, 0.2) is 6.61 Å². The number of aromatic carboxylic acids is 1. The summed E-state index contributed by atoms with van der Waals surface area (Å²) in [7, 11) is 1.49. The minimum Gasteiger partial charge on any atom is -0.497 e. The van der Waals surface area contributed by atoms with Gasteiger partial charge in [0.2, 0.25) is 5.89 Å².